The number of pyridine rings is 1. The highest BCUT2D eigenvalue weighted by Gasteiger charge is 2.16. The minimum Gasteiger partial charge on any atom is -0.369 e. The third kappa shape index (κ3) is 4.46. The van der Waals surface area contributed by atoms with Crippen molar-refractivity contribution in [1.82, 2.24) is 15.2 Å². The van der Waals surface area contributed by atoms with E-state index < -0.39 is 0 Å². The molecule has 2 heterocycles. The molecule has 0 aromatic carbocycles. The first kappa shape index (κ1) is 15.3. The van der Waals surface area contributed by atoms with Crippen LogP contribution in [0, 0.1) is 0 Å². The first-order chi connectivity index (χ1) is 9.69. The van der Waals surface area contributed by atoms with Gasteiger partial charge in [-0.3, -0.25) is 9.88 Å². The molecule has 1 saturated heterocycles. The molecule has 112 valence electrons. The number of anilines is 1. The topological polar surface area (TPSA) is 31.4 Å². The van der Waals surface area contributed by atoms with Crippen molar-refractivity contribution in [3.8, 4) is 0 Å². The lowest BCUT2D eigenvalue weighted by Crippen LogP contribution is -2.46. The smallest absolute Gasteiger partial charge is 0.0562 e. The largest absolute Gasteiger partial charge is 0.369 e. The predicted molar refractivity (Wildman–Crippen MR) is 85.2 cm³/mol. The summed E-state index contributed by atoms with van der Waals surface area (Å²) in [7, 11) is 0. The van der Waals surface area contributed by atoms with Gasteiger partial charge in [0.25, 0.3) is 0 Å². The fourth-order valence-corrected chi connectivity index (χ4v) is 2.61. The molecule has 0 aliphatic carbocycles. The van der Waals surface area contributed by atoms with Crippen LogP contribution < -0.4 is 10.2 Å². The molecule has 2 rings (SSSR count). The minimum absolute atomic E-state index is 0.498. The fourth-order valence-electron chi connectivity index (χ4n) is 2.61. The molecule has 0 bridgehead atoms. The third-order valence-electron chi connectivity index (χ3n) is 3.77. The maximum absolute atomic E-state index is 4.45. The van der Waals surface area contributed by atoms with Crippen molar-refractivity contribution in [2.24, 2.45) is 0 Å². The third-order valence-corrected chi connectivity index (χ3v) is 3.77. The molecule has 4 heteroatoms. The summed E-state index contributed by atoms with van der Waals surface area (Å²) in [4.78, 5) is 9.48. The quantitative estimate of drug-likeness (QED) is 0.862. The van der Waals surface area contributed by atoms with Crippen molar-refractivity contribution in [2.75, 3.05) is 37.6 Å². The number of nitrogens with zero attached hydrogens (tertiary/aromatic N) is 3. The first-order valence-corrected chi connectivity index (χ1v) is 7.84. The molecule has 4 nitrogen and oxygen atoms in total. The fraction of sp³-hybridized carbons (Fsp3) is 0.688. The molecule has 0 amide bonds. The van der Waals surface area contributed by atoms with Gasteiger partial charge in [-0.05, 0) is 25.1 Å². The molecule has 1 aliphatic heterocycles. The molecule has 1 fully saturated rings. The first-order valence-electron chi connectivity index (χ1n) is 7.84. The van der Waals surface area contributed by atoms with E-state index in [0.717, 1.165) is 25.3 Å². The molecular weight excluding hydrogens is 248 g/mol. The van der Waals surface area contributed by atoms with E-state index in [2.05, 4.69) is 53.0 Å². The highest BCUT2D eigenvalue weighted by atomic mass is 15.3. The van der Waals surface area contributed by atoms with Crippen molar-refractivity contribution >= 4 is 5.69 Å². The van der Waals surface area contributed by atoms with Crippen LogP contribution in [0.3, 0.4) is 0 Å². The van der Waals surface area contributed by atoms with Gasteiger partial charge < -0.3 is 10.2 Å². The number of piperazine rings is 1. The zero-order chi connectivity index (χ0) is 14.4. The van der Waals surface area contributed by atoms with Crippen molar-refractivity contribution in [1.29, 1.82) is 0 Å². The molecule has 20 heavy (non-hydrogen) atoms. The van der Waals surface area contributed by atoms with Gasteiger partial charge in [-0.1, -0.05) is 20.8 Å². The van der Waals surface area contributed by atoms with Crippen LogP contribution in [0.2, 0.25) is 0 Å². The average molecular weight is 276 g/mol. The van der Waals surface area contributed by atoms with E-state index in [1.54, 1.807) is 0 Å². The van der Waals surface area contributed by atoms with E-state index in [1.807, 2.05) is 6.20 Å². The van der Waals surface area contributed by atoms with E-state index in [9.17, 15) is 0 Å². The Hall–Kier alpha value is -1.13. The number of hydrogen-bond donors (Lipinski definition) is 1. The summed E-state index contributed by atoms with van der Waals surface area (Å²) < 4.78 is 0. The summed E-state index contributed by atoms with van der Waals surface area (Å²) in [5.41, 5.74) is 2.45. The van der Waals surface area contributed by atoms with E-state index in [4.69, 9.17) is 0 Å². The SMILES string of the molecule is CCCN1CCN(c2ccnc(CNC(C)C)c2)CC1. The summed E-state index contributed by atoms with van der Waals surface area (Å²) in [5, 5.41) is 3.43. The number of aromatic nitrogens is 1. The minimum atomic E-state index is 0.498. The van der Waals surface area contributed by atoms with Crippen molar-refractivity contribution < 1.29 is 0 Å². The maximum Gasteiger partial charge on any atom is 0.0562 e. The summed E-state index contributed by atoms with van der Waals surface area (Å²) >= 11 is 0. The zero-order valence-electron chi connectivity index (χ0n) is 13.1. The van der Waals surface area contributed by atoms with Gasteiger partial charge in [-0.15, -0.1) is 0 Å². The normalized spacial score (nSPS) is 16.9. The van der Waals surface area contributed by atoms with E-state index in [0.29, 0.717) is 6.04 Å². The van der Waals surface area contributed by atoms with Crippen molar-refractivity contribution in [2.45, 2.75) is 39.8 Å². The van der Waals surface area contributed by atoms with Crippen LogP contribution in [0.4, 0.5) is 5.69 Å². The highest BCUT2D eigenvalue weighted by molar-refractivity contribution is 5.47. The van der Waals surface area contributed by atoms with Gasteiger partial charge >= 0.3 is 0 Å². The van der Waals surface area contributed by atoms with Crippen LogP contribution in [-0.2, 0) is 6.54 Å². The maximum atomic E-state index is 4.45. The van der Waals surface area contributed by atoms with Crippen LogP contribution in [0.5, 0.6) is 0 Å². The lowest BCUT2D eigenvalue weighted by molar-refractivity contribution is 0.258. The van der Waals surface area contributed by atoms with Crippen LogP contribution in [-0.4, -0.2) is 48.6 Å². The van der Waals surface area contributed by atoms with Crippen molar-refractivity contribution in [3.05, 3.63) is 24.0 Å². The molecule has 1 aliphatic rings. The Morgan fingerprint density at radius 1 is 1.25 bits per heavy atom. The Balaban J connectivity index is 1.91. The summed E-state index contributed by atoms with van der Waals surface area (Å²) in [6.07, 6.45) is 3.19. The molecule has 0 radical (unpaired) electrons. The molecule has 0 spiro atoms. The van der Waals surface area contributed by atoms with Gasteiger partial charge in [0.1, 0.15) is 0 Å². The highest BCUT2D eigenvalue weighted by Crippen LogP contribution is 2.17. The number of hydrogen-bond acceptors (Lipinski definition) is 4. The number of nitrogens with one attached hydrogen (secondary N) is 1. The van der Waals surface area contributed by atoms with E-state index >= 15 is 0 Å². The molecule has 0 saturated carbocycles. The molecule has 0 unspecified atom stereocenters. The van der Waals surface area contributed by atoms with Crippen LogP contribution in [0.25, 0.3) is 0 Å². The summed E-state index contributed by atoms with van der Waals surface area (Å²) in [5.74, 6) is 0. The molecule has 0 atom stereocenters. The Kier molecular flexibility index (Phi) is 5.80. The van der Waals surface area contributed by atoms with Gasteiger partial charge in [0.15, 0.2) is 0 Å². The monoisotopic (exact) mass is 276 g/mol. The summed E-state index contributed by atoms with van der Waals surface area (Å²) in [6.45, 7) is 13.3. The predicted octanol–water partition coefficient (Wildman–Crippen LogP) is 2.11. The zero-order valence-corrected chi connectivity index (χ0v) is 13.1. The van der Waals surface area contributed by atoms with Gasteiger partial charge in [-0.2, -0.15) is 0 Å². The molecular formula is C16H28N4. The van der Waals surface area contributed by atoms with Gasteiger partial charge in [0.2, 0.25) is 0 Å². The van der Waals surface area contributed by atoms with Crippen LogP contribution in [0.1, 0.15) is 32.9 Å². The molecule has 1 N–H and O–H groups in total. The second-order valence-corrected chi connectivity index (χ2v) is 5.87. The van der Waals surface area contributed by atoms with E-state index in [1.165, 1.54) is 31.7 Å². The molecule has 1 aromatic heterocycles. The molecule has 1 aromatic rings. The van der Waals surface area contributed by atoms with Crippen LogP contribution >= 0.6 is 0 Å². The lowest BCUT2D eigenvalue weighted by atomic mass is 10.2. The standard InChI is InChI=1S/C16H28N4/c1-4-7-19-8-10-20(11-9-19)16-5-6-17-15(12-16)13-18-14(2)3/h5-6,12,14,18H,4,7-11,13H2,1-3H3. The Morgan fingerprint density at radius 3 is 2.65 bits per heavy atom. The van der Waals surface area contributed by atoms with Gasteiger partial charge in [0.05, 0.1) is 5.69 Å². The second-order valence-electron chi connectivity index (χ2n) is 5.87. The summed E-state index contributed by atoms with van der Waals surface area (Å²) in [6, 6.07) is 4.86. The Morgan fingerprint density at radius 2 is 2.00 bits per heavy atom. The Labute approximate surface area is 123 Å². The number of rotatable bonds is 6. The average Bonchev–Trinajstić information content (AvgIpc) is 2.47. The lowest BCUT2D eigenvalue weighted by Gasteiger charge is -2.36. The second kappa shape index (κ2) is 7.60. The van der Waals surface area contributed by atoms with Crippen LogP contribution in [0.15, 0.2) is 18.3 Å². The Bertz CT molecular complexity index is 397. The van der Waals surface area contributed by atoms with Crippen molar-refractivity contribution in [3.63, 3.8) is 0 Å². The van der Waals surface area contributed by atoms with E-state index in [-0.39, 0.29) is 0 Å². The van der Waals surface area contributed by atoms with Gasteiger partial charge in [0, 0.05) is 50.6 Å². The van der Waals surface area contributed by atoms with Gasteiger partial charge in [-0.25, -0.2) is 0 Å².